The second-order valence-corrected chi connectivity index (χ2v) is 8.74. The Labute approximate surface area is 142 Å². The summed E-state index contributed by atoms with van der Waals surface area (Å²) in [6, 6.07) is 0. The van der Waals surface area contributed by atoms with Crippen molar-refractivity contribution in [2.24, 2.45) is 0 Å². The fourth-order valence-electron chi connectivity index (χ4n) is 3.87. The fraction of sp³-hybridized carbons (Fsp3) is 0.688. The molecule has 24 heavy (non-hydrogen) atoms. The summed E-state index contributed by atoms with van der Waals surface area (Å²) in [6.07, 6.45) is 7.18. The van der Waals surface area contributed by atoms with Crippen molar-refractivity contribution in [3.63, 3.8) is 0 Å². The van der Waals surface area contributed by atoms with Crippen LogP contribution >= 0.6 is 0 Å². The summed E-state index contributed by atoms with van der Waals surface area (Å²) in [4.78, 5) is 23.3. The minimum Gasteiger partial charge on any atom is -0.342 e. The van der Waals surface area contributed by atoms with Crippen LogP contribution in [0.15, 0.2) is 6.20 Å². The second-order valence-electron chi connectivity index (χ2n) is 6.91. The molecule has 1 amide bonds. The molecule has 1 aromatic rings. The molecule has 7 nitrogen and oxygen atoms in total. The SMILES string of the molecule is Cc1ncc2c(n1)C1(CCCN(C(=O)CCNS(C)(=O)=O)C1)CC2. The Morgan fingerprint density at radius 3 is 2.96 bits per heavy atom. The highest BCUT2D eigenvalue weighted by Crippen LogP contribution is 2.43. The number of piperidine rings is 1. The van der Waals surface area contributed by atoms with Gasteiger partial charge in [-0.3, -0.25) is 4.79 Å². The molecule has 8 heteroatoms. The highest BCUT2D eigenvalue weighted by Gasteiger charge is 2.44. The number of hydrogen-bond acceptors (Lipinski definition) is 5. The van der Waals surface area contributed by atoms with E-state index in [2.05, 4.69) is 14.7 Å². The van der Waals surface area contributed by atoms with Gasteiger partial charge in [0.2, 0.25) is 15.9 Å². The number of amides is 1. The smallest absolute Gasteiger partial charge is 0.223 e. The number of likely N-dealkylation sites (tertiary alicyclic amines) is 1. The van der Waals surface area contributed by atoms with E-state index in [-0.39, 0.29) is 24.3 Å². The van der Waals surface area contributed by atoms with Crippen molar-refractivity contribution in [2.75, 3.05) is 25.9 Å². The van der Waals surface area contributed by atoms with Crippen LogP contribution in [0, 0.1) is 6.92 Å². The Kier molecular flexibility index (Phi) is 4.61. The first-order chi connectivity index (χ1) is 11.3. The van der Waals surface area contributed by atoms with E-state index < -0.39 is 10.0 Å². The van der Waals surface area contributed by atoms with E-state index in [1.54, 1.807) is 0 Å². The number of fused-ring (bicyclic) bond motifs is 2. The minimum atomic E-state index is -3.26. The average Bonchev–Trinajstić information content (AvgIpc) is 2.84. The first kappa shape index (κ1) is 17.3. The van der Waals surface area contributed by atoms with Gasteiger partial charge in [-0.05, 0) is 38.2 Å². The Balaban J connectivity index is 1.70. The molecular weight excluding hydrogens is 328 g/mol. The predicted molar refractivity (Wildman–Crippen MR) is 90.0 cm³/mol. The molecule has 3 rings (SSSR count). The van der Waals surface area contributed by atoms with Gasteiger partial charge < -0.3 is 4.90 Å². The summed E-state index contributed by atoms with van der Waals surface area (Å²) in [5, 5.41) is 0. The first-order valence-electron chi connectivity index (χ1n) is 8.34. The van der Waals surface area contributed by atoms with Crippen molar-refractivity contribution < 1.29 is 13.2 Å². The molecule has 1 aliphatic heterocycles. The quantitative estimate of drug-likeness (QED) is 0.853. The molecule has 1 saturated heterocycles. The van der Waals surface area contributed by atoms with E-state index >= 15 is 0 Å². The van der Waals surface area contributed by atoms with Gasteiger partial charge in [0.1, 0.15) is 5.82 Å². The normalized spacial score (nSPS) is 23.5. The standard InChI is InChI=1S/C16H24N4O3S/c1-12-17-10-13-4-7-16(15(13)19-12)6-3-9-20(11-16)14(21)5-8-18-24(2,22)23/h10,18H,3-9,11H2,1-2H3. The molecule has 0 radical (unpaired) electrons. The van der Waals surface area contributed by atoms with Gasteiger partial charge in [-0.1, -0.05) is 0 Å². The van der Waals surface area contributed by atoms with E-state index in [0.717, 1.165) is 50.0 Å². The monoisotopic (exact) mass is 352 g/mol. The third kappa shape index (κ3) is 3.59. The molecule has 1 atom stereocenters. The Bertz CT molecular complexity index is 746. The summed E-state index contributed by atoms with van der Waals surface area (Å²) in [6.45, 7) is 3.46. The summed E-state index contributed by atoms with van der Waals surface area (Å²) in [7, 11) is -3.26. The zero-order valence-corrected chi connectivity index (χ0v) is 15.0. The Morgan fingerprint density at radius 2 is 2.21 bits per heavy atom. The van der Waals surface area contributed by atoms with Gasteiger partial charge in [-0.25, -0.2) is 23.1 Å². The predicted octanol–water partition coefficient (Wildman–Crippen LogP) is 0.531. The van der Waals surface area contributed by atoms with E-state index in [9.17, 15) is 13.2 Å². The van der Waals surface area contributed by atoms with Crippen molar-refractivity contribution in [2.45, 2.75) is 44.4 Å². The number of carbonyl (C=O) groups is 1. The molecule has 2 heterocycles. The van der Waals surface area contributed by atoms with E-state index in [4.69, 9.17) is 0 Å². The molecule has 0 saturated carbocycles. The molecule has 0 aromatic carbocycles. The third-order valence-electron chi connectivity index (χ3n) is 4.99. The molecule has 2 aliphatic rings. The van der Waals surface area contributed by atoms with Crippen molar-refractivity contribution >= 4 is 15.9 Å². The number of nitrogens with one attached hydrogen (secondary N) is 1. The zero-order chi connectivity index (χ0) is 17.4. The average molecular weight is 352 g/mol. The maximum absolute atomic E-state index is 12.5. The van der Waals surface area contributed by atoms with Crippen LogP contribution in [0.25, 0.3) is 0 Å². The Morgan fingerprint density at radius 1 is 1.42 bits per heavy atom. The number of sulfonamides is 1. The molecular formula is C16H24N4O3S. The molecule has 132 valence electrons. The molecule has 1 aliphatic carbocycles. The molecule has 1 unspecified atom stereocenters. The van der Waals surface area contributed by atoms with Crippen LogP contribution in [-0.2, 0) is 26.7 Å². The summed E-state index contributed by atoms with van der Waals surface area (Å²) in [5.74, 6) is 0.778. The van der Waals surface area contributed by atoms with Gasteiger partial charge in [0, 0.05) is 37.7 Å². The van der Waals surface area contributed by atoms with Gasteiger partial charge >= 0.3 is 0 Å². The van der Waals surface area contributed by atoms with Gasteiger partial charge in [0.25, 0.3) is 0 Å². The van der Waals surface area contributed by atoms with Gasteiger partial charge in [-0.2, -0.15) is 0 Å². The minimum absolute atomic E-state index is 0.00412. The number of carbonyl (C=O) groups excluding carboxylic acids is 1. The maximum Gasteiger partial charge on any atom is 0.223 e. The molecule has 1 N–H and O–H groups in total. The molecule has 1 spiro atoms. The number of aromatic nitrogens is 2. The van der Waals surface area contributed by atoms with E-state index in [1.807, 2.05) is 18.0 Å². The lowest BCUT2D eigenvalue weighted by molar-refractivity contribution is -0.133. The van der Waals surface area contributed by atoms with Gasteiger partial charge in [0.05, 0.1) is 11.9 Å². The topological polar surface area (TPSA) is 92.3 Å². The fourth-order valence-corrected chi connectivity index (χ4v) is 4.35. The van der Waals surface area contributed by atoms with Crippen molar-refractivity contribution in [1.82, 2.24) is 19.6 Å². The van der Waals surface area contributed by atoms with E-state index in [0.29, 0.717) is 6.54 Å². The van der Waals surface area contributed by atoms with Crippen LogP contribution in [0.5, 0.6) is 0 Å². The van der Waals surface area contributed by atoms with Crippen LogP contribution < -0.4 is 4.72 Å². The summed E-state index contributed by atoms with van der Waals surface area (Å²) in [5.41, 5.74) is 2.26. The van der Waals surface area contributed by atoms with Crippen molar-refractivity contribution in [3.05, 3.63) is 23.3 Å². The van der Waals surface area contributed by atoms with Crippen molar-refractivity contribution in [3.8, 4) is 0 Å². The summed E-state index contributed by atoms with van der Waals surface area (Å²) >= 11 is 0. The molecule has 0 bridgehead atoms. The lowest BCUT2D eigenvalue weighted by Crippen LogP contribution is -2.48. The van der Waals surface area contributed by atoms with Crippen LogP contribution in [0.4, 0.5) is 0 Å². The number of hydrogen-bond donors (Lipinski definition) is 1. The highest BCUT2D eigenvalue weighted by atomic mass is 32.2. The number of aryl methyl sites for hydroxylation is 2. The van der Waals surface area contributed by atoms with Gasteiger partial charge in [-0.15, -0.1) is 0 Å². The number of rotatable bonds is 4. The van der Waals surface area contributed by atoms with Gasteiger partial charge in [0.15, 0.2) is 0 Å². The molecule has 1 aromatic heterocycles. The number of nitrogens with zero attached hydrogens (tertiary/aromatic N) is 3. The zero-order valence-electron chi connectivity index (χ0n) is 14.2. The van der Waals surface area contributed by atoms with Crippen LogP contribution in [-0.4, -0.2) is 55.1 Å². The second kappa shape index (κ2) is 6.40. The van der Waals surface area contributed by atoms with Crippen LogP contribution in [0.2, 0.25) is 0 Å². The third-order valence-corrected chi connectivity index (χ3v) is 5.72. The lowest BCUT2D eigenvalue weighted by Gasteiger charge is -2.40. The highest BCUT2D eigenvalue weighted by molar-refractivity contribution is 7.88. The largest absolute Gasteiger partial charge is 0.342 e. The lowest BCUT2D eigenvalue weighted by atomic mass is 9.77. The van der Waals surface area contributed by atoms with Crippen molar-refractivity contribution in [1.29, 1.82) is 0 Å². The summed E-state index contributed by atoms with van der Waals surface area (Å²) < 4.78 is 24.6. The first-order valence-corrected chi connectivity index (χ1v) is 10.2. The van der Waals surface area contributed by atoms with Crippen LogP contribution in [0.1, 0.15) is 42.8 Å². The Hall–Kier alpha value is -1.54. The molecule has 1 fully saturated rings. The maximum atomic E-state index is 12.5. The van der Waals surface area contributed by atoms with E-state index in [1.165, 1.54) is 5.56 Å². The van der Waals surface area contributed by atoms with Crippen LogP contribution in [0.3, 0.4) is 0 Å².